The van der Waals surface area contributed by atoms with Crippen LogP contribution in [-0.2, 0) is 5.41 Å². The normalized spacial score (nSPS) is 31.2. The van der Waals surface area contributed by atoms with Crippen molar-refractivity contribution in [1.82, 2.24) is 4.98 Å². The van der Waals surface area contributed by atoms with E-state index in [0.717, 1.165) is 23.7 Å². The molecule has 1 spiro atoms. The minimum absolute atomic E-state index is 0.204. The van der Waals surface area contributed by atoms with E-state index in [1.54, 1.807) is 11.1 Å². The van der Waals surface area contributed by atoms with E-state index in [0.29, 0.717) is 0 Å². The molecule has 160 valence electrons. The van der Waals surface area contributed by atoms with Crippen molar-refractivity contribution >= 4 is 32.6 Å². The number of hydrogen-bond donors (Lipinski definition) is 1. The number of aromatic amines is 1. The molecule has 4 fully saturated rings. The Balaban J connectivity index is 1.45. The Kier molecular flexibility index (Phi) is 3.01. The molecular weight excluding hydrogens is 398 g/mol. The van der Waals surface area contributed by atoms with Gasteiger partial charge >= 0.3 is 0 Å². The predicted octanol–water partition coefficient (Wildman–Crippen LogP) is 8.20. The van der Waals surface area contributed by atoms with Crippen LogP contribution in [0.2, 0.25) is 0 Å². The lowest BCUT2D eigenvalue weighted by Gasteiger charge is -2.61. The van der Waals surface area contributed by atoms with Crippen LogP contribution in [-0.4, -0.2) is 4.98 Å². The molecule has 0 saturated heterocycles. The number of fused-ring (bicyclic) bond motifs is 9. The Hall–Kier alpha value is -3.06. The van der Waals surface area contributed by atoms with Gasteiger partial charge in [-0.2, -0.15) is 0 Å². The quantitative estimate of drug-likeness (QED) is 0.257. The van der Waals surface area contributed by atoms with E-state index in [1.807, 2.05) is 0 Å². The molecule has 4 saturated carbocycles. The first-order valence-electron chi connectivity index (χ1n) is 12.9. The summed E-state index contributed by atoms with van der Waals surface area (Å²) in [6.07, 6.45) is 7.22. The number of H-pyrrole nitrogens is 1. The third kappa shape index (κ3) is 1.91. The molecule has 0 aliphatic heterocycles. The molecule has 1 N–H and O–H groups in total. The Bertz CT molecular complexity index is 1610. The number of rotatable bonds is 0. The summed E-state index contributed by atoms with van der Waals surface area (Å²) in [6.45, 7) is 0. The highest BCUT2D eigenvalue weighted by atomic mass is 14.7. The molecule has 1 heteroatoms. The van der Waals surface area contributed by atoms with Gasteiger partial charge in [0.25, 0.3) is 0 Å². The van der Waals surface area contributed by atoms with Gasteiger partial charge in [0.15, 0.2) is 0 Å². The van der Waals surface area contributed by atoms with Crippen LogP contribution in [0.15, 0.2) is 72.8 Å². The van der Waals surface area contributed by atoms with Crippen LogP contribution in [0.3, 0.4) is 0 Å². The summed E-state index contributed by atoms with van der Waals surface area (Å²) < 4.78 is 0. The third-order valence-electron chi connectivity index (χ3n) is 10.2. The molecule has 1 aromatic heterocycles. The second-order valence-corrected chi connectivity index (χ2v) is 11.5. The van der Waals surface area contributed by atoms with E-state index in [4.69, 9.17) is 0 Å². The monoisotopic (exact) mass is 425 g/mol. The molecule has 33 heavy (non-hydrogen) atoms. The standard InChI is InChI=1S/C32H27N/c1-2-6-23-20(5-1)9-12-28-29(23)26-11-10-25-24-7-3-4-8-27(24)32(30(25)31(26)33-28)21-14-18-13-19(16-21)17-22(32)15-18/h1-12,18-19,21-22,33H,13-17H2. The van der Waals surface area contributed by atoms with Gasteiger partial charge in [-0.3, -0.25) is 0 Å². The van der Waals surface area contributed by atoms with Crippen molar-refractivity contribution in [1.29, 1.82) is 0 Å². The Morgan fingerprint density at radius 2 is 1.39 bits per heavy atom. The first kappa shape index (κ1) is 17.4. The van der Waals surface area contributed by atoms with Gasteiger partial charge in [0.05, 0.1) is 5.52 Å². The smallest absolute Gasteiger partial charge is 0.0513 e. The lowest BCUT2D eigenvalue weighted by molar-refractivity contribution is -0.0394. The summed E-state index contributed by atoms with van der Waals surface area (Å²) in [4.78, 5) is 3.99. The maximum absolute atomic E-state index is 3.99. The van der Waals surface area contributed by atoms with Gasteiger partial charge in [-0.25, -0.2) is 0 Å². The lowest BCUT2D eigenvalue weighted by Crippen LogP contribution is -2.55. The van der Waals surface area contributed by atoms with Crippen molar-refractivity contribution in [2.24, 2.45) is 23.7 Å². The van der Waals surface area contributed by atoms with E-state index in [9.17, 15) is 0 Å². The summed E-state index contributed by atoms with van der Waals surface area (Å²) in [6, 6.07) is 27.8. The SMILES string of the molecule is c1ccc2c(c1)-c1ccc3c([nH]c4ccc5ccccc5c43)c1C21C2CC3CC(C2)CC1C3. The fourth-order valence-corrected chi connectivity index (χ4v) is 9.38. The highest BCUT2D eigenvalue weighted by molar-refractivity contribution is 6.21. The van der Waals surface area contributed by atoms with Crippen LogP contribution in [0.5, 0.6) is 0 Å². The van der Waals surface area contributed by atoms with Crippen molar-refractivity contribution in [3.63, 3.8) is 0 Å². The van der Waals surface area contributed by atoms with Crippen molar-refractivity contribution in [2.75, 3.05) is 0 Å². The zero-order valence-electron chi connectivity index (χ0n) is 18.8. The fraction of sp³-hybridized carbons (Fsp3) is 0.312. The zero-order valence-corrected chi connectivity index (χ0v) is 18.8. The lowest BCUT2D eigenvalue weighted by atomic mass is 9.43. The largest absolute Gasteiger partial charge is 0.354 e. The van der Waals surface area contributed by atoms with E-state index in [2.05, 4.69) is 77.8 Å². The van der Waals surface area contributed by atoms with Gasteiger partial charge in [0.2, 0.25) is 0 Å². The van der Waals surface area contributed by atoms with Gasteiger partial charge < -0.3 is 4.98 Å². The van der Waals surface area contributed by atoms with Crippen LogP contribution < -0.4 is 0 Å². The van der Waals surface area contributed by atoms with E-state index >= 15 is 0 Å². The summed E-state index contributed by atoms with van der Waals surface area (Å²) in [5, 5.41) is 5.53. The summed E-state index contributed by atoms with van der Waals surface area (Å²) >= 11 is 0. The second kappa shape index (κ2) is 5.70. The predicted molar refractivity (Wildman–Crippen MR) is 137 cm³/mol. The van der Waals surface area contributed by atoms with Gasteiger partial charge in [0.1, 0.15) is 0 Å². The van der Waals surface area contributed by atoms with Gasteiger partial charge in [-0.05, 0) is 94.9 Å². The highest BCUT2D eigenvalue weighted by Gasteiger charge is 2.62. The van der Waals surface area contributed by atoms with E-state index in [1.165, 1.54) is 75.8 Å². The molecular formula is C32H27N. The number of hydrogen-bond acceptors (Lipinski definition) is 0. The van der Waals surface area contributed by atoms with Crippen molar-refractivity contribution in [3.05, 3.63) is 83.9 Å². The molecule has 5 aromatic rings. The summed E-state index contributed by atoms with van der Waals surface area (Å²) in [5.41, 5.74) is 9.21. The molecule has 0 amide bonds. The average molecular weight is 426 g/mol. The highest BCUT2D eigenvalue weighted by Crippen LogP contribution is 2.70. The summed E-state index contributed by atoms with van der Waals surface area (Å²) in [7, 11) is 0. The molecule has 0 radical (unpaired) electrons. The van der Waals surface area contributed by atoms with Gasteiger partial charge in [-0.1, -0.05) is 66.7 Å². The van der Waals surface area contributed by atoms with Crippen LogP contribution in [0.25, 0.3) is 43.7 Å². The third-order valence-corrected chi connectivity index (χ3v) is 10.2. The van der Waals surface area contributed by atoms with Gasteiger partial charge in [0, 0.05) is 21.7 Å². The topological polar surface area (TPSA) is 15.8 Å². The molecule has 10 rings (SSSR count). The van der Waals surface area contributed by atoms with Crippen molar-refractivity contribution in [2.45, 2.75) is 37.5 Å². The van der Waals surface area contributed by atoms with Crippen molar-refractivity contribution in [3.8, 4) is 11.1 Å². The molecule has 5 aliphatic carbocycles. The van der Waals surface area contributed by atoms with Gasteiger partial charge in [-0.15, -0.1) is 0 Å². The van der Waals surface area contributed by atoms with Crippen LogP contribution in [0.4, 0.5) is 0 Å². The van der Waals surface area contributed by atoms with E-state index < -0.39 is 0 Å². The maximum Gasteiger partial charge on any atom is 0.0513 e. The Labute approximate surface area is 193 Å². The maximum atomic E-state index is 3.99. The van der Waals surface area contributed by atoms with Crippen LogP contribution >= 0.6 is 0 Å². The molecule has 4 aromatic carbocycles. The van der Waals surface area contributed by atoms with Crippen LogP contribution in [0.1, 0.15) is 43.2 Å². The first-order chi connectivity index (χ1) is 16.3. The number of nitrogens with one attached hydrogen (secondary N) is 1. The molecule has 1 heterocycles. The molecule has 0 unspecified atom stereocenters. The Morgan fingerprint density at radius 3 is 2.24 bits per heavy atom. The van der Waals surface area contributed by atoms with Crippen molar-refractivity contribution < 1.29 is 0 Å². The fourth-order valence-electron chi connectivity index (χ4n) is 9.38. The zero-order chi connectivity index (χ0) is 21.3. The van der Waals surface area contributed by atoms with E-state index in [-0.39, 0.29) is 5.41 Å². The van der Waals surface area contributed by atoms with Crippen LogP contribution in [0, 0.1) is 23.7 Å². The number of aromatic nitrogens is 1. The minimum atomic E-state index is 0.204. The minimum Gasteiger partial charge on any atom is -0.354 e. The molecule has 5 aliphatic rings. The first-order valence-corrected chi connectivity index (χ1v) is 12.9. The molecule has 0 atom stereocenters. The average Bonchev–Trinajstić information content (AvgIpc) is 3.37. The molecule has 1 nitrogen and oxygen atoms in total. The summed E-state index contributed by atoms with van der Waals surface area (Å²) in [5.74, 6) is 3.54. The molecule has 4 bridgehead atoms. The second-order valence-electron chi connectivity index (χ2n) is 11.5. The Morgan fingerprint density at radius 1 is 0.636 bits per heavy atom. The number of benzene rings is 4.